The van der Waals surface area contributed by atoms with Crippen LogP contribution in [0, 0.1) is 10.1 Å². The van der Waals surface area contributed by atoms with Crippen LogP contribution in [0.5, 0.6) is 0 Å². The number of carbonyl (C=O) groups excluding carboxylic acids is 1. The third kappa shape index (κ3) is 16.1. The molecule has 0 saturated heterocycles. The molecule has 4 heteroatoms. The highest BCUT2D eigenvalue weighted by Crippen LogP contribution is 2.01. The highest BCUT2D eigenvalue weighted by atomic mass is 16.6. The molecule has 26 heavy (non-hydrogen) atoms. The Bertz CT molecular complexity index is 591. The standard InChI is InChI=1S/C22H29NO3/c1-2-3-4-5-6-7-8-9-10-13-16-19-22(23(25)26)20-17-14-11-12-15-18-21-24/h3-4,6-7,9-13,16-17,19-21H,2,5,8,14-15,18H2,1H3/b4-3-,7-6-,10-9-,12-11-,16-13-,20-17-,22-19+. The summed E-state index contributed by atoms with van der Waals surface area (Å²) in [4.78, 5) is 20.7. The molecule has 0 aromatic carbocycles. The van der Waals surface area contributed by atoms with Gasteiger partial charge in [0.25, 0.3) is 5.70 Å². The number of hydrogen-bond acceptors (Lipinski definition) is 3. The van der Waals surface area contributed by atoms with Gasteiger partial charge in [0.05, 0.1) is 4.92 Å². The predicted octanol–water partition coefficient (Wildman–Crippen LogP) is 6.04. The van der Waals surface area contributed by atoms with E-state index < -0.39 is 4.92 Å². The summed E-state index contributed by atoms with van der Waals surface area (Å²) in [5.74, 6) is 0. The summed E-state index contributed by atoms with van der Waals surface area (Å²) in [6.07, 6.45) is 29.8. The minimum Gasteiger partial charge on any atom is -0.303 e. The molecule has 0 saturated carbocycles. The lowest BCUT2D eigenvalue weighted by Gasteiger charge is -1.89. The van der Waals surface area contributed by atoms with Crippen molar-refractivity contribution in [2.75, 3.05) is 0 Å². The maximum atomic E-state index is 11.0. The van der Waals surface area contributed by atoms with Crippen LogP contribution in [0.2, 0.25) is 0 Å². The summed E-state index contributed by atoms with van der Waals surface area (Å²) in [6, 6.07) is 0. The van der Waals surface area contributed by atoms with Crippen LogP contribution in [-0.4, -0.2) is 11.2 Å². The topological polar surface area (TPSA) is 60.2 Å². The Hall–Kier alpha value is -2.75. The first-order valence-electron chi connectivity index (χ1n) is 8.95. The lowest BCUT2D eigenvalue weighted by molar-refractivity contribution is -0.419. The number of nitrogens with zero attached hydrogens (tertiary/aromatic N) is 1. The average Bonchev–Trinajstić information content (AvgIpc) is 2.63. The summed E-state index contributed by atoms with van der Waals surface area (Å²) < 4.78 is 0. The monoisotopic (exact) mass is 355 g/mol. The van der Waals surface area contributed by atoms with Crippen molar-refractivity contribution in [1.82, 2.24) is 0 Å². The van der Waals surface area contributed by atoms with E-state index in [2.05, 4.69) is 31.2 Å². The second-order valence-corrected chi connectivity index (χ2v) is 5.34. The molecule has 0 aromatic rings. The molecule has 0 rings (SSSR count). The third-order valence-electron chi connectivity index (χ3n) is 3.13. The van der Waals surface area contributed by atoms with E-state index in [4.69, 9.17) is 0 Å². The molecule has 0 amide bonds. The molecule has 0 aliphatic carbocycles. The largest absolute Gasteiger partial charge is 0.303 e. The predicted molar refractivity (Wildman–Crippen MR) is 109 cm³/mol. The molecule has 4 nitrogen and oxygen atoms in total. The number of carbonyl (C=O) groups is 1. The van der Waals surface area contributed by atoms with E-state index in [1.54, 1.807) is 18.2 Å². The maximum Gasteiger partial charge on any atom is 0.269 e. The minimum absolute atomic E-state index is 0.0403. The smallest absolute Gasteiger partial charge is 0.269 e. The van der Waals surface area contributed by atoms with Crippen LogP contribution in [0.15, 0.2) is 84.7 Å². The van der Waals surface area contributed by atoms with E-state index in [1.807, 2.05) is 24.3 Å². The Kier molecular flexibility index (Phi) is 16.6. The Morgan fingerprint density at radius 2 is 1.46 bits per heavy atom. The normalized spacial score (nSPS) is 13.5. The number of unbranched alkanes of at least 4 members (excludes halogenated alkanes) is 1. The molecule has 0 bridgehead atoms. The van der Waals surface area contributed by atoms with Crippen molar-refractivity contribution in [2.45, 2.75) is 45.4 Å². The lowest BCUT2D eigenvalue weighted by atomic mass is 10.2. The van der Waals surface area contributed by atoms with E-state index >= 15 is 0 Å². The fraction of sp³-hybridized carbons (Fsp3) is 0.318. The lowest BCUT2D eigenvalue weighted by Crippen LogP contribution is -1.94. The highest BCUT2D eigenvalue weighted by molar-refractivity contribution is 5.49. The van der Waals surface area contributed by atoms with E-state index in [-0.39, 0.29) is 5.70 Å². The van der Waals surface area contributed by atoms with Gasteiger partial charge >= 0.3 is 0 Å². The van der Waals surface area contributed by atoms with Gasteiger partial charge in [0, 0.05) is 18.6 Å². The van der Waals surface area contributed by atoms with Crippen molar-refractivity contribution in [3.8, 4) is 0 Å². The molecule has 0 aliphatic heterocycles. The summed E-state index contributed by atoms with van der Waals surface area (Å²) in [7, 11) is 0. The summed E-state index contributed by atoms with van der Waals surface area (Å²) in [5.41, 5.74) is 0.0403. The van der Waals surface area contributed by atoms with Crippen molar-refractivity contribution < 1.29 is 9.72 Å². The fourth-order valence-electron chi connectivity index (χ4n) is 1.81. The van der Waals surface area contributed by atoms with Gasteiger partial charge in [-0.1, -0.05) is 73.8 Å². The van der Waals surface area contributed by atoms with Gasteiger partial charge in [-0.05, 0) is 32.1 Å². The molecule has 0 heterocycles. The molecule has 0 unspecified atom stereocenters. The van der Waals surface area contributed by atoms with Crippen LogP contribution in [0.3, 0.4) is 0 Å². The summed E-state index contributed by atoms with van der Waals surface area (Å²) >= 11 is 0. The van der Waals surface area contributed by atoms with Crippen LogP contribution in [-0.2, 0) is 4.79 Å². The van der Waals surface area contributed by atoms with Crippen molar-refractivity contribution in [3.05, 3.63) is 94.8 Å². The Balaban J connectivity index is 4.26. The number of allylic oxidation sites excluding steroid dienone is 13. The van der Waals surface area contributed by atoms with E-state index in [9.17, 15) is 14.9 Å². The molecule has 140 valence electrons. The molecule has 0 aromatic heterocycles. The second-order valence-electron chi connectivity index (χ2n) is 5.34. The Morgan fingerprint density at radius 3 is 2.15 bits per heavy atom. The zero-order valence-electron chi connectivity index (χ0n) is 15.5. The van der Waals surface area contributed by atoms with Gasteiger partial charge in [0.15, 0.2) is 0 Å². The minimum atomic E-state index is -0.410. The molecular weight excluding hydrogens is 326 g/mol. The Labute approximate surface area is 156 Å². The molecule has 0 radical (unpaired) electrons. The number of rotatable bonds is 14. The SMILES string of the molecule is CC/C=C\C/C=C\C\C=C/C=C\C=C(/C=C\C/C=C\CCC=O)[N+](=O)[O-]. The van der Waals surface area contributed by atoms with E-state index in [0.717, 1.165) is 25.5 Å². The summed E-state index contributed by atoms with van der Waals surface area (Å²) in [6.45, 7) is 2.11. The quantitative estimate of drug-likeness (QED) is 0.0952. The van der Waals surface area contributed by atoms with Crippen molar-refractivity contribution in [1.29, 1.82) is 0 Å². The second kappa shape index (κ2) is 18.6. The maximum absolute atomic E-state index is 11.0. The zero-order chi connectivity index (χ0) is 19.3. The average molecular weight is 355 g/mol. The first kappa shape index (κ1) is 23.2. The summed E-state index contributed by atoms with van der Waals surface area (Å²) in [5, 5.41) is 11.0. The Morgan fingerprint density at radius 1 is 0.808 bits per heavy atom. The van der Waals surface area contributed by atoms with E-state index in [0.29, 0.717) is 19.3 Å². The van der Waals surface area contributed by atoms with Gasteiger partial charge in [0.1, 0.15) is 6.29 Å². The van der Waals surface area contributed by atoms with Gasteiger partial charge in [0.2, 0.25) is 0 Å². The molecule has 0 N–H and O–H groups in total. The van der Waals surface area contributed by atoms with E-state index in [1.165, 1.54) is 12.2 Å². The zero-order valence-corrected chi connectivity index (χ0v) is 15.5. The van der Waals surface area contributed by atoms with Gasteiger partial charge in [-0.2, -0.15) is 0 Å². The molecule has 0 fully saturated rings. The van der Waals surface area contributed by atoms with Gasteiger partial charge in [-0.15, -0.1) is 0 Å². The number of hydrogen-bond donors (Lipinski definition) is 0. The van der Waals surface area contributed by atoms with Crippen LogP contribution in [0.4, 0.5) is 0 Å². The van der Waals surface area contributed by atoms with Crippen molar-refractivity contribution >= 4 is 6.29 Å². The van der Waals surface area contributed by atoms with Crippen LogP contribution < -0.4 is 0 Å². The third-order valence-corrected chi connectivity index (χ3v) is 3.13. The van der Waals surface area contributed by atoms with Gasteiger partial charge < -0.3 is 4.79 Å². The number of nitro groups is 1. The van der Waals surface area contributed by atoms with Crippen molar-refractivity contribution in [2.24, 2.45) is 0 Å². The fourth-order valence-corrected chi connectivity index (χ4v) is 1.81. The molecule has 0 aliphatic rings. The molecule has 0 spiro atoms. The highest BCUT2D eigenvalue weighted by Gasteiger charge is 2.02. The van der Waals surface area contributed by atoms with Crippen LogP contribution in [0.25, 0.3) is 0 Å². The first-order valence-corrected chi connectivity index (χ1v) is 8.95. The molecule has 0 atom stereocenters. The van der Waals surface area contributed by atoms with Crippen molar-refractivity contribution in [3.63, 3.8) is 0 Å². The van der Waals surface area contributed by atoms with Gasteiger partial charge in [-0.3, -0.25) is 10.1 Å². The first-order chi connectivity index (χ1) is 12.7. The molecular formula is C22H29NO3. The number of aldehydes is 1. The van der Waals surface area contributed by atoms with Crippen LogP contribution >= 0.6 is 0 Å². The van der Waals surface area contributed by atoms with Crippen LogP contribution in [0.1, 0.15) is 45.4 Å². The van der Waals surface area contributed by atoms with Gasteiger partial charge in [-0.25, -0.2) is 0 Å².